The van der Waals surface area contributed by atoms with E-state index in [1.165, 1.54) is 0 Å². The zero-order valence-electron chi connectivity index (χ0n) is 11.7. The lowest BCUT2D eigenvalue weighted by atomic mass is 10.1. The number of aromatic nitrogens is 1. The van der Waals surface area contributed by atoms with Gasteiger partial charge in [0, 0.05) is 19.4 Å². The summed E-state index contributed by atoms with van der Waals surface area (Å²) in [5.41, 5.74) is 1.63. The van der Waals surface area contributed by atoms with Crippen LogP contribution < -0.4 is 5.32 Å². The van der Waals surface area contributed by atoms with Gasteiger partial charge in [0.2, 0.25) is 0 Å². The van der Waals surface area contributed by atoms with Crippen molar-refractivity contribution in [1.29, 1.82) is 0 Å². The maximum atomic E-state index is 6.05. The van der Waals surface area contributed by atoms with Crippen LogP contribution in [0.1, 0.15) is 12.8 Å². The Labute approximate surface area is 122 Å². The van der Waals surface area contributed by atoms with Crippen LogP contribution in [0.4, 0.5) is 6.01 Å². The average Bonchev–Trinajstić information content (AvgIpc) is 3.10. The SMILES string of the molecule is c1ccc2oc(NC[C@@H]3COC4(CCOCC4)O3)nc2c1. The van der Waals surface area contributed by atoms with Crippen LogP contribution >= 0.6 is 0 Å². The summed E-state index contributed by atoms with van der Waals surface area (Å²) in [6.45, 7) is 2.61. The first-order valence-electron chi connectivity index (χ1n) is 7.32. The average molecular weight is 290 g/mol. The molecule has 6 heteroatoms. The number of ether oxygens (including phenoxy) is 3. The molecule has 0 saturated carbocycles. The van der Waals surface area contributed by atoms with Gasteiger partial charge in [-0.05, 0) is 12.1 Å². The highest BCUT2D eigenvalue weighted by molar-refractivity contribution is 5.74. The molecular weight excluding hydrogens is 272 g/mol. The van der Waals surface area contributed by atoms with Crippen molar-refractivity contribution in [2.45, 2.75) is 24.7 Å². The number of rotatable bonds is 3. The number of nitrogens with one attached hydrogen (secondary N) is 1. The molecule has 2 aromatic rings. The topological polar surface area (TPSA) is 65.8 Å². The second-order valence-corrected chi connectivity index (χ2v) is 5.44. The van der Waals surface area contributed by atoms with Crippen LogP contribution in [0.5, 0.6) is 0 Å². The predicted octanol–water partition coefficient (Wildman–Crippen LogP) is 2.16. The van der Waals surface area contributed by atoms with Crippen molar-refractivity contribution in [3.8, 4) is 0 Å². The first kappa shape index (κ1) is 13.1. The van der Waals surface area contributed by atoms with E-state index in [0.29, 0.717) is 32.4 Å². The quantitative estimate of drug-likeness (QED) is 0.934. The van der Waals surface area contributed by atoms with Gasteiger partial charge < -0.3 is 23.9 Å². The first-order valence-corrected chi connectivity index (χ1v) is 7.32. The van der Waals surface area contributed by atoms with Crippen LogP contribution in [0.3, 0.4) is 0 Å². The zero-order chi connectivity index (χ0) is 14.1. The van der Waals surface area contributed by atoms with E-state index >= 15 is 0 Å². The van der Waals surface area contributed by atoms with E-state index in [-0.39, 0.29) is 6.10 Å². The number of fused-ring (bicyclic) bond motifs is 1. The molecule has 112 valence electrons. The van der Waals surface area contributed by atoms with E-state index in [9.17, 15) is 0 Å². The third-order valence-corrected chi connectivity index (χ3v) is 3.94. The zero-order valence-corrected chi connectivity index (χ0v) is 11.7. The molecule has 2 aliphatic heterocycles. The lowest BCUT2D eigenvalue weighted by Gasteiger charge is -2.31. The minimum Gasteiger partial charge on any atom is -0.424 e. The molecule has 1 N–H and O–H groups in total. The lowest BCUT2D eigenvalue weighted by molar-refractivity contribution is -0.209. The maximum Gasteiger partial charge on any atom is 0.295 e. The van der Waals surface area contributed by atoms with E-state index in [2.05, 4.69) is 10.3 Å². The van der Waals surface area contributed by atoms with Gasteiger partial charge in [0.15, 0.2) is 11.4 Å². The van der Waals surface area contributed by atoms with E-state index in [4.69, 9.17) is 18.6 Å². The molecule has 2 fully saturated rings. The monoisotopic (exact) mass is 290 g/mol. The minimum absolute atomic E-state index is 0.0121. The molecule has 6 nitrogen and oxygen atoms in total. The molecular formula is C15H18N2O4. The molecule has 4 rings (SSSR count). The number of hydrogen-bond acceptors (Lipinski definition) is 6. The number of anilines is 1. The van der Waals surface area contributed by atoms with Crippen LogP contribution in [0, 0.1) is 0 Å². The molecule has 1 aromatic carbocycles. The van der Waals surface area contributed by atoms with Gasteiger partial charge >= 0.3 is 0 Å². The Morgan fingerprint density at radius 1 is 1.24 bits per heavy atom. The predicted molar refractivity (Wildman–Crippen MR) is 76.1 cm³/mol. The Kier molecular flexibility index (Phi) is 3.29. The van der Waals surface area contributed by atoms with Crippen molar-refractivity contribution < 1.29 is 18.6 Å². The van der Waals surface area contributed by atoms with Crippen molar-refractivity contribution in [3.05, 3.63) is 24.3 Å². The number of nitrogens with zero attached hydrogens (tertiary/aromatic N) is 1. The fraction of sp³-hybridized carbons (Fsp3) is 0.533. The molecule has 0 unspecified atom stereocenters. The number of para-hydroxylation sites is 2. The van der Waals surface area contributed by atoms with Crippen LogP contribution in [0.15, 0.2) is 28.7 Å². The summed E-state index contributed by atoms with van der Waals surface area (Å²) in [5.74, 6) is -0.439. The molecule has 0 amide bonds. The Morgan fingerprint density at radius 2 is 2.10 bits per heavy atom. The van der Waals surface area contributed by atoms with Crippen molar-refractivity contribution in [2.75, 3.05) is 31.7 Å². The number of oxazole rings is 1. The smallest absolute Gasteiger partial charge is 0.295 e. The van der Waals surface area contributed by atoms with Crippen molar-refractivity contribution >= 4 is 17.1 Å². The second kappa shape index (κ2) is 5.29. The van der Waals surface area contributed by atoms with Crippen LogP contribution in [0.2, 0.25) is 0 Å². The molecule has 1 spiro atoms. The van der Waals surface area contributed by atoms with Gasteiger partial charge in [0.05, 0.1) is 19.8 Å². The van der Waals surface area contributed by atoms with Gasteiger partial charge in [-0.25, -0.2) is 0 Å². The third kappa shape index (κ3) is 2.62. The largest absolute Gasteiger partial charge is 0.424 e. The minimum atomic E-state index is -0.439. The summed E-state index contributed by atoms with van der Waals surface area (Å²) in [4.78, 5) is 4.38. The summed E-state index contributed by atoms with van der Waals surface area (Å²) < 4.78 is 22.9. The van der Waals surface area contributed by atoms with Gasteiger partial charge in [0.1, 0.15) is 11.6 Å². The summed E-state index contributed by atoms with van der Waals surface area (Å²) >= 11 is 0. The highest BCUT2D eigenvalue weighted by Crippen LogP contribution is 2.33. The van der Waals surface area contributed by atoms with E-state index in [1.54, 1.807) is 0 Å². The molecule has 0 radical (unpaired) electrons. The Bertz CT molecular complexity index is 588. The fourth-order valence-corrected chi connectivity index (χ4v) is 2.81. The highest BCUT2D eigenvalue weighted by atomic mass is 16.7. The molecule has 0 bridgehead atoms. The molecule has 3 heterocycles. The van der Waals surface area contributed by atoms with Crippen molar-refractivity contribution in [3.63, 3.8) is 0 Å². The fourth-order valence-electron chi connectivity index (χ4n) is 2.81. The molecule has 2 saturated heterocycles. The van der Waals surface area contributed by atoms with E-state index in [0.717, 1.165) is 23.9 Å². The summed E-state index contributed by atoms with van der Waals surface area (Å²) in [7, 11) is 0. The van der Waals surface area contributed by atoms with Crippen molar-refractivity contribution in [2.24, 2.45) is 0 Å². The summed E-state index contributed by atoms with van der Waals surface area (Å²) in [6.07, 6.45) is 1.61. The van der Waals surface area contributed by atoms with E-state index in [1.807, 2.05) is 24.3 Å². The molecule has 1 aromatic heterocycles. The van der Waals surface area contributed by atoms with Crippen molar-refractivity contribution in [1.82, 2.24) is 4.98 Å². The molecule has 0 aliphatic carbocycles. The molecule has 21 heavy (non-hydrogen) atoms. The standard InChI is InChI=1S/C15H18N2O4/c1-2-4-13-12(3-1)17-14(20-13)16-9-11-10-19-15(21-11)5-7-18-8-6-15/h1-4,11H,5-10H2,(H,16,17)/t11-/m1/s1. The Hall–Kier alpha value is -1.63. The second-order valence-electron chi connectivity index (χ2n) is 5.44. The summed E-state index contributed by atoms with van der Waals surface area (Å²) in [6, 6.07) is 8.22. The summed E-state index contributed by atoms with van der Waals surface area (Å²) in [5, 5.41) is 3.18. The number of hydrogen-bond donors (Lipinski definition) is 1. The Morgan fingerprint density at radius 3 is 2.95 bits per heavy atom. The van der Waals surface area contributed by atoms with Crippen LogP contribution in [0.25, 0.3) is 11.1 Å². The lowest BCUT2D eigenvalue weighted by Crippen LogP contribution is -2.38. The third-order valence-electron chi connectivity index (χ3n) is 3.94. The Balaban J connectivity index is 1.36. The van der Waals surface area contributed by atoms with Gasteiger partial charge in [-0.3, -0.25) is 0 Å². The van der Waals surface area contributed by atoms with Crippen LogP contribution in [-0.4, -0.2) is 43.2 Å². The molecule has 1 atom stereocenters. The van der Waals surface area contributed by atoms with Gasteiger partial charge in [-0.2, -0.15) is 4.98 Å². The normalized spacial score (nSPS) is 24.7. The van der Waals surface area contributed by atoms with Crippen LogP contribution in [-0.2, 0) is 14.2 Å². The first-order chi connectivity index (χ1) is 10.3. The number of benzene rings is 1. The van der Waals surface area contributed by atoms with Gasteiger partial charge in [-0.15, -0.1) is 0 Å². The highest BCUT2D eigenvalue weighted by Gasteiger charge is 2.42. The van der Waals surface area contributed by atoms with Gasteiger partial charge in [-0.1, -0.05) is 12.1 Å². The molecule has 2 aliphatic rings. The van der Waals surface area contributed by atoms with Gasteiger partial charge in [0.25, 0.3) is 6.01 Å². The van der Waals surface area contributed by atoms with E-state index < -0.39 is 5.79 Å². The maximum absolute atomic E-state index is 6.05.